The molecule has 0 aliphatic carbocycles. The number of rotatable bonds is 7. The van der Waals surface area contributed by atoms with E-state index in [9.17, 15) is 0 Å². The topological polar surface area (TPSA) is 6.48 Å². The Hall–Kier alpha value is -1.02. The minimum Gasteiger partial charge on any atom is -0.370 e. The van der Waals surface area contributed by atoms with Gasteiger partial charge in [-0.3, -0.25) is 0 Å². The predicted octanol–water partition coefficient (Wildman–Crippen LogP) is 3.16. The fraction of sp³-hybridized carbons (Fsp3) is 0.600. The third-order valence-electron chi connectivity index (χ3n) is 3.42. The second-order valence-corrected chi connectivity index (χ2v) is 4.39. The zero-order valence-corrected chi connectivity index (χ0v) is 11.7. The molecule has 0 N–H and O–H groups in total. The molecular formula is C15H26N2. The highest BCUT2D eigenvalue weighted by Gasteiger charge is 2.08. The molecule has 2 nitrogen and oxygen atoms in total. The van der Waals surface area contributed by atoms with Crippen LogP contribution in [0.15, 0.2) is 24.3 Å². The van der Waals surface area contributed by atoms with Crippen LogP contribution < -0.4 is 4.90 Å². The molecule has 0 bridgehead atoms. The fourth-order valence-electron chi connectivity index (χ4n) is 2.17. The third-order valence-corrected chi connectivity index (χ3v) is 3.42. The number of nitrogens with zero attached hydrogens (tertiary/aromatic N) is 2. The quantitative estimate of drug-likeness (QED) is 0.715. The molecule has 0 unspecified atom stereocenters. The molecular weight excluding hydrogens is 208 g/mol. The van der Waals surface area contributed by atoms with Gasteiger partial charge in [-0.2, -0.15) is 0 Å². The van der Waals surface area contributed by atoms with Crippen molar-refractivity contribution < 1.29 is 0 Å². The molecule has 0 spiro atoms. The summed E-state index contributed by atoms with van der Waals surface area (Å²) in [7, 11) is 0. The van der Waals surface area contributed by atoms with Crippen LogP contribution in [-0.2, 0) is 0 Å². The van der Waals surface area contributed by atoms with Crippen molar-refractivity contribution in [2.24, 2.45) is 0 Å². The maximum atomic E-state index is 2.47. The van der Waals surface area contributed by atoms with Crippen LogP contribution in [-0.4, -0.2) is 37.6 Å². The molecule has 2 heteroatoms. The summed E-state index contributed by atoms with van der Waals surface area (Å²) >= 11 is 0. The molecule has 17 heavy (non-hydrogen) atoms. The molecule has 1 aromatic carbocycles. The van der Waals surface area contributed by atoms with E-state index in [4.69, 9.17) is 0 Å². The van der Waals surface area contributed by atoms with Crippen LogP contribution in [0.4, 0.5) is 5.69 Å². The zero-order valence-electron chi connectivity index (χ0n) is 11.7. The van der Waals surface area contributed by atoms with Crippen molar-refractivity contribution in [3.05, 3.63) is 29.8 Å². The van der Waals surface area contributed by atoms with Gasteiger partial charge in [0.25, 0.3) is 0 Å². The van der Waals surface area contributed by atoms with Crippen molar-refractivity contribution in [3.8, 4) is 0 Å². The van der Waals surface area contributed by atoms with Crippen LogP contribution in [0.3, 0.4) is 0 Å². The second-order valence-electron chi connectivity index (χ2n) is 4.39. The van der Waals surface area contributed by atoms with Crippen LogP contribution in [0.25, 0.3) is 0 Å². The number of hydrogen-bond donors (Lipinski definition) is 0. The summed E-state index contributed by atoms with van der Waals surface area (Å²) in [6, 6.07) is 8.65. The molecule has 96 valence electrons. The Bertz CT molecular complexity index is 318. The van der Waals surface area contributed by atoms with Gasteiger partial charge in [0.2, 0.25) is 0 Å². The molecule has 0 saturated heterocycles. The number of benzene rings is 1. The standard InChI is InChI=1S/C15H26N2/c1-5-16(6-2)12-13-17(7-3)15-11-9-8-10-14(15)4/h8-11H,5-7,12-13H2,1-4H3. The zero-order chi connectivity index (χ0) is 12.7. The molecule has 0 fully saturated rings. The first-order valence-electron chi connectivity index (χ1n) is 6.75. The van der Waals surface area contributed by atoms with Crippen molar-refractivity contribution in [2.75, 3.05) is 37.6 Å². The summed E-state index contributed by atoms with van der Waals surface area (Å²) in [5.41, 5.74) is 2.75. The number of aryl methyl sites for hydroxylation is 1. The Morgan fingerprint density at radius 1 is 0.882 bits per heavy atom. The van der Waals surface area contributed by atoms with E-state index in [1.165, 1.54) is 11.3 Å². The number of anilines is 1. The summed E-state index contributed by atoms with van der Waals surface area (Å²) in [5.74, 6) is 0. The Morgan fingerprint density at radius 3 is 2.06 bits per heavy atom. The highest BCUT2D eigenvalue weighted by molar-refractivity contribution is 5.52. The van der Waals surface area contributed by atoms with Crippen LogP contribution in [0.1, 0.15) is 26.3 Å². The van der Waals surface area contributed by atoms with Crippen LogP contribution in [0, 0.1) is 6.92 Å². The van der Waals surface area contributed by atoms with Crippen LogP contribution in [0.5, 0.6) is 0 Å². The van der Waals surface area contributed by atoms with Gasteiger partial charge >= 0.3 is 0 Å². The van der Waals surface area contributed by atoms with Crippen molar-refractivity contribution in [1.82, 2.24) is 4.90 Å². The highest BCUT2D eigenvalue weighted by Crippen LogP contribution is 2.18. The summed E-state index contributed by atoms with van der Waals surface area (Å²) in [5, 5.41) is 0. The van der Waals surface area contributed by atoms with Gasteiger partial charge in [-0.25, -0.2) is 0 Å². The lowest BCUT2D eigenvalue weighted by Crippen LogP contribution is -2.35. The van der Waals surface area contributed by atoms with Crippen LogP contribution >= 0.6 is 0 Å². The van der Waals surface area contributed by atoms with Gasteiger partial charge in [0.05, 0.1) is 0 Å². The fourth-order valence-corrected chi connectivity index (χ4v) is 2.17. The van der Waals surface area contributed by atoms with E-state index in [0.717, 1.165) is 32.7 Å². The molecule has 1 rings (SSSR count). The Kier molecular flexibility index (Phi) is 6.06. The second kappa shape index (κ2) is 7.33. The lowest BCUT2D eigenvalue weighted by Gasteiger charge is -2.28. The largest absolute Gasteiger partial charge is 0.370 e. The summed E-state index contributed by atoms with van der Waals surface area (Å²) in [6.45, 7) is 14.5. The maximum Gasteiger partial charge on any atom is 0.0396 e. The lowest BCUT2D eigenvalue weighted by molar-refractivity contribution is 0.310. The normalized spacial score (nSPS) is 10.9. The van der Waals surface area contributed by atoms with Crippen LogP contribution in [0.2, 0.25) is 0 Å². The molecule has 0 heterocycles. The SMILES string of the molecule is CCN(CC)CCN(CC)c1ccccc1C. The molecule has 0 saturated carbocycles. The number of hydrogen-bond acceptors (Lipinski definition) is 2. The number of para-hydroxylation sites is 1. The van der Waals surface area contributed by atoms with E-state index in [-0.39, 0.29) is 0 Å². The van der Waals surface area contributed by atoms with Crippen molar-refractivity contribution in [1.29, 1.82) is 0 Å². The summed E-state index contributed by atoms with van der Waals surface area (Å²) in [4.78, 5) is 4.94. The molecule has 0 aromatic heterocycles. The smallest absolute Gasteiger partial charge is 0.0396 e. The Labute approximate surface area is 106 Å². The third kappa shape index (κ3) is 4.04. The van der Waals surface area contributed by atoms with Gasteiger partial charge in [0, 0.05) is 25.3 Å². The first-order valence-corrected chi connectivity index (χ1v) is 6.75. The van der Waals surface area contributed by atoms with Gasteiger partial charge in [-0.05, 0) is 38.6 Å². The summed E-state index contributed by atoms with van der Waals surface area (Å²) in [6.07, 6.45) is 0. The minimum absolute atomic E-state index is 1.08. The van der Waals surface area contributed by atoms with E-state index < -0.39 is 0 Å². The highest BCUT2D eigenvalue weighted by atomic mass is 15.2. The predicted molar refractivity (Wildman–Crippen MR) is 76.9 cm³/mol. The summed E-state index contributed by atoms with van der Waals surface area (Å²) < 4.78 is 0. The monoisotopic (exact) mass is 234 g/mol. The average Bonchev–Trinajstić information content (AvgIpc) is 2.36. The van der Waals surface area contributed by atoms with Crippen molar-refractivity contribution in [2.45, 2.75) is 27.7 Å². The average molecular weight is 234 g/mol. The first kappa shape index (κ1) is 14.0. The Morgan fingerprint density at radius 2 is 1.53 bits per heavy atom. The number of likely N-dealkylation sites (N-methyl/N-ethyl adjacent to an activating group) is 2. The lowest BCUT2D eigenvalue weighted by atomic mass is 10.2. The van der Waals surface area contributed by atoms with Gasteiger partial charge in [0.15, 0.2) is 0 Å². The van der Waals surface area contributed by atoms with E-state index in [1.54, 1.807) is 0 Å². The van der Waals surface area contributed by atoms with Gasteiger partial charge < -0.3 is 9.80 Å². The van der Waals surface area contributed by atoms with E-state index in [0.29, 0.717) is 0 Å². The molecule has 0 aliphatic rings. The van der Waals surface area contributed by atoms with E-state index in [2.05, 4.69) is 61.8 Å². The van der Waals surface area contributed by atoms with E-state index in [1.807, 2.05) is 0 Å². The Balaban J connectivity index is 2.63. The van der Waals surface area contributed by atoms with Crippen molar-refractivity contribution >= 4 is 5.69 Å². The maximum absolute atomic E-state index is 2.47. The minimum atomic E-state index is 1.08. The van der Waals surface area contributed by atoms with Crippen molar-refractivity contribution in [3.63, 3.8) is 0 Å². The van der Waals surface area contributed by atoms with Gasteiger partial charge in [0.1, 0.15) is 0 Å². The molecule has 0 aliphatic heterocycles. The van der Waals surface area contributed by atoms with Gasteiger partial charge in [-0.1, -0.05) is 32.0 Å². The molecule has 0 atom stereocenters. The first-order chi connectivity index (χ1) is 8.22. The molecule has 0 radical (unpaired) electrons. The van der Waals surface area contributed by atoms with Gasteiger partial charge in [-0.15, -0.1) is 0 Å². The molecule has 1 aromatic rings. The van der Waals surface area contributed by atoms with E-state index >= 15 is 0 Å². The molecule has 0 amide bonds.